The highest BCUT2D eigenvalue weighted by Crippen LogP contribution is 2.27. The first-order valence-electron chi connectivity index (χ1n) is 3.55. The minimum Gasteiger partial charge on any atom is -0.508 e. The van der Waals surface area contributed by atoms with Gasteiger partial charge in [-0.1, -0.05) is 6.07 Å². The molecule has 0 fully saturated rings. The van der Waals surface area contributed by atoms with Crippen LogP contribution in [0.2, 0.25) is 0 Å². The lowest BCUT2D eigenvalue weighted by Gasteiger charge is -2.06. The number of nitrogens with zero attached hydrogens (tertiary/aromatic N) is 1. The molecule has 1 aromatic carbocycles. The van der Waals surface area contributed by atoms with Crippen molar-refractivity contribution in [2.45, 2.75) is 6.54 Å². The number of phenolic OH excluding ortho intramolecular Hbond substituents is 1. The molecule has 1 aromatic rings. The van der Waals surface area contributed by atoms with Crippen LogP contribution in [0.5, 0.6) is 5.75 Å². The van der Waals surface area contributed by atoms with Crippen LogP contribution in [0.1, 0.15) is 5.56 Å². The zero-order valence-electron chi connectivity index (χ0n) is 6.33. The van der Waals surface area contributed by atoms with Crippen molar-refractivity contribution >= 4 is 5.69 Å². The van der Waals surface area contributed by atoms with E-state index in [2.05, 4.69) is 5.43 Å². The van der Waals surface area contributed by atoms with E-state index in [9.17, 15) is 0 Å². The van der Waals surface area contributed by atoms with Crippen LogP contribution in [0.3, 0.4) is 0 Å². The molecule has 11 heavy (non-hydrogen) atoms. The van der Waals surface area contributed by atoms with Gasteiger partial charge in [-0.25, -0.2) is 5.01 Å². The Morgan fingerprint density at radius 3 is 3.18 bits per heavy atom. The molecule has 2 rings (SSSR count). The number of fused-ring (bicyclic) bond motifs is 1. The SMILES string of the molecule is CN1Cc2ccc(O)cc2N1. The molecule has 0 bridgehead atoms. The fourth-order valence-electron chi connectivity index (χ4n) is 1.31. The minimum atomic E-state index is 0.312. The molecule has 1 heterocycles. The topological polar surface area (TPSA) is 35.5 Å². The molecule has 2 N–H and O–H groups in total. The first-order chi connectivity index (χ1) is 5.25. The van der Waals surface area contributed by atoms with Gasteiger partial charge in [-0.15, -0.1) is 0 Å². The van der Waals surface area contributed by atoms with Crippen molar-refractivity contribution in [1.82, 2.24) is 5.01 Å². The molecule has 58 valence electrons. The maximum absolute atomic E-state index is 9.12. The van der Waals surface area contributed by atoms with Gasteiger partial charge in [0.25, 0.3) is 0 Å². The summed E-state index contributed by atoms with van der Waals surface area (Å²) in [6, 6.07) is 5.37. The Balaban J connectivity index is 2.43. The number of hydrogen-bond donors (Lipinski definition) is 2. The van der Waals surface area contributed by atoms with Crippen molar-refractivity contribution < 1.29 is 5.11 Å². The van der Waals surface area contributed by atoms with Gasteiger partial charge in [0.2, 0.25) is 0 Å². The second kappa shape index (κ2) is 2.13. The fraction of sp³-hybridized carbons (Fsp3) is 0.250. The standard InChI is InChI=1S/C8H10N2O/c1-10-5-6-2-3-7(11)4-8(6)9-10/h2-4,9,11H,5H2,1H3. The molecule has 0 aliphatic carbocycles. The van der Waals surface area contributed by atoms with Gasteiger partial charge in [-0.2, -0.15) is 0 Å². The van der Waals surface area contributed by atoms with Gasteiger partial charge in [-0.05, 0) is 11.6 Å². The predicted molar refractivity (Wildman–Crippen MR) is 43.2 cm³/mol. The van der Waals surface area contributed by atoms with Crippen molar-refractivity contribution in [2.75, 3.05) is 12.5 Å². The third-order valence-corrected chi connectivity index (χ3v) is 1.81. The largest absolute Gasteiger partial charge is 0.508 e. The Morgan fingerprint density at radius 2 is 2.36 bits per heavy atom. The van der Waals surface area contributed by atoms with Crippen LogP contribution in [-0.4, -0.2) is 17.2 Å². The molecular formula is C8H10N2O. The Kier molecular flexibility index (Phi) is 1.26. The number of phenols is 1. The smallest absolute Gasteiger partial charge is 0.117 e. The minimum absolute atomic E-state index is 0.312. The Labute approximate surface area is 65.2 Å². The van der Waals surface area contributed by atoms with Gasteiger partial charge in [0.1, 0.15) is 5.75 Å². The maximum atomic E-state index is 9.12. The van der Waals surface area contributed by atoms with E-state index in [1.165, 1.54) is 5.56 Å². The number of anilines is 1. The lowest BCUT2D eigenvalue weighted by molar-refractivity contribution is 0.422. The van der Waals surface area contributed by atoms with E-state index in [0.717, 1.165) is 12.2 Å². The van der Waals surface area contributed by atoms with E-state index in [0.29, 0.717) is 5.75 Å². The molecule has 0 unspecified atom stereocenters. The number of benzene rings is 1. The summed E-state index contributed by atoms with van der Waals surface area (Å²) in [5.74, 6) is 0.312. The van der Waals surface area contributed by atoms with Gasteiger partial charge >= 0.3 is 0 Å². The van der Waals surface area contributed by atoms with Crippen molar-refractivity contribution in [3.63, 3.8) is 0 Å². The highest BCUT2D eigenvalue weighted by Gasteiger charge is 2.13. The number of aromatic hydroxyl groups is 1. The van der Waals surface area contributed by atoms with Crippen LogP contribution < -0.4 is 5.43 Å². The summed E-state index contributed by atoms with van der Waals surface area (Å²) in [5, 5.41) is 11.1. The van der Waals surface area contributed by atoms with Crippen LogP contribution in [-0.2, 0) is 6.54 Å². The molecule has 0 saturated heterocycles. The maximum Gasteiger partial charge on any atom is 0.117 e. The molecule has 0 radical (unpaired) electrons. The lowest BCUT2D eigenvalue weighted by Crippen LogP contribution is -2.16. The van der Waals surface area contributed by atoms with Crippen LogP contribution in [0, 0.1) is 0 Å². The van der Waals surface area contributed by atoms with Crippen LogP contribution in [0.25, 0.3) is 0 Å². The summed E-state index contributed by atoms with van der Waals surface area (Å²) in [6.45, 7) is 0.898. The monoisotopic (exact) mass is 150 g/mol. The van der Waals surface area contributed by atoms with Crippen molar-refractivity contribution in [1.29, 1.82) is 0 Å². The van der Waals surface area contributed by atoms with Gasteiger partial charge in [0, 0.05) is 19.7 Å². The molecule has 3 nitrogen and oxygen atoms in total. The summed E-state index contributed by atoms with van der Waals surface area (Å²) >= 11 is 0. The molecule has 0 atom stereocenters. The normalized spacial score (nSPS) is 16.1. The van der Waals surface area contributed by atoms with E-state index in [4.69, 9.17) is 5.11 Å². The quantitative estimate of drug-likeness (QED) is 0.582. The molecule has 0 saturated carbocycles. The molecule has 0 amide bonds. The third kappa shape index (κ3) is 1.03. The van der Waals surface area contributed by atoms with E-state index >= 15 is 0 Å². The number of nitrogens with one attached hydrogen (secondary N) is 1. The zero-order valence-corrected chi connectivity index (χ0v) is 6.33. The zero-order chi connectivity index (χ0) is 7.84. The highest BCUT2D eigenvalue weighted by atomic mass is 16.3. The molecule has 0 aromatic heterocycles. The Morgan fingerprint density at radius 1 is 1.55 bits per heavy atom. The van der Waals surface area contributed by atoms with Gasteiger partial charge in [0.15, 0.2) is 0 Å². The first-order valence-corrected chi connectivity index (χ1v) is 3.55. The average Bonchev–Trinajstić information content (AvgIpc) is 2.27. The number of rotatable bonds is 0. The molecular weight excluding hydrogens is 140 g/mol. The second-order valence-electron chi connectivity index (χ2n) is 2.81. The summed E-state index contributed by atoms with van der Waals surface area (Å²) in [5.41, 5.74) is 5.35. The summed E-state index contributed by atoms with van der Waals surface area (Å²) in [7, 11) is 1.97. The van der Waals surface area contributed by atoms with E-state index in [-0.39, 0.29) is 0 Å². The molecule has 3 heteroatoms. The van der Waals surface area contributed by atoms with Crippen molar-refractivity contribution in [3.05, 3.63) is 23.8 Å². The number of hydrazine groups is 1. The summed E-state index contributed by atoms with van der Waals surface area (Å²) in [4.78, 5) is 0. The molecule has 1 aliphatic heterocycles. The Hall–Kier alpha value is -1.22. The summed E-state index contributed by atoms with van der Waals surface area (Å²) < 4.78 is 0. The van der Waals surface area contributed by atoms with Crippen molar-refractivity contribution in [3.8, 4) is 5.75 Å². The third-order valence-electron chi connectivity index (χ3n) is 1.81. The highest BCUT2D eigenvalue weighted by molar-refractivity contribution is 5.56. The van der Waals surface area contributed by atoms with E-state index in [1.54, 1.807) is 12.1 Å². The van der Waals surface area contributed by atoms with Crippen molar-refractivity contribution in [2.24, 2.45) is 0 Å². The van der Waals surface area contributed by atoms with Crippen LogP contribution >= 0.6 is 0 Å². The summed E-state index contributed by atoms with van der Waals surface area (Å²) in [6.07, 6.45) is 0. The average molecular weight is 150 g/mol. The molecule has 0 spiro atoms. The predicted octanol–water partition coefficient (Wildman–Crippen LogP) is 1.16. The van der Waals surface area contributed by atoms with Gasteiger partial charge < -0.3 is 10.5 Å². The lowest BCUT2D eigenvalue weighted by atomic mass is 10.2. The fourth-order valence-corrected chi connectivity index (χ4v) is 1.31. The number of hydrogen-bond acceptors (Lipinski definition) is 3. The Bertz CT molecular complexity index is 285. The van der Waals surface area contributed by atoms with Gasteiger partial charge in [-0.3, -0.25) is 0 Å². The molecule has 1 aliphatic rings. The van der Waals surface area contributed by atoms with Crippen LogP contribution in [0.4, 0.5) is 5.69 Å². The van der Waals surface area contributed by atoms with Gasteiger partial charge in [0.05, 0.1) is 5.69 Å². The first kappa shape index (κ1) is 6.49. The second-order valence-corrected chi connectivity index (χ2v) is 2.81. The van der Waals surface area contributed by atoms with E-state index < -0.39 is 0 Å². The van der Waals surface area contributed by atoms with E-state index in [1.807, 2.05) is 18.1 Å². The van der Waals surface area contributed by atoms with Crippen LogP contribution in [0.15, 0.2) is 18.2 Å².